The molecule has 4 N–H and O–H groups in total. The summed E-state index contributed by atoms with van der Waals surface area (Å²) in [4.78, 5) is 21.6. The molecule has 0 amide bonds. The number of hydrogen-bond donors (Lipinski definition) is 4. The average Bonchev–Trinajstić information content (AvgIpc) is 2.77. The zero-order valence-electron chi connectivity index (χ0n) is 17.0. The quantitative estimate of drug-likeness (QED) is 0.479. The molecule has 2 heterocycles. The summed E-state index contributed by atoms with van der Waals surface area (Å²) in [5.41, 5.74) is 3.27. The molecule has 31 heavy (non-hydrogen) atoms. The molecule has 0 spiro atoms. The topological polar surface area (TPSA) is 102 Å². The third kappa shape index (κ3) is 4.89. The van der Waals surface area contributed by atoms with Crippen LogP contribution in [0.5, 0.6) is 0 Å². The molecule has 0 unspecified atom stereocenters. The number of aromatic carboxylic acids is 1. The van der Waals surface area contributed by atoms with Gasteiger partial charge in [-0.1, -0.05) is 0 Å². The van der Waals surface area contributed by atoms with E-state index in [-0.39, 0.29) is 17.3 Å². The maximum atomic E-state index is 14.3. The van der Waals surface area contributed by atoms with Crippen LogP contribution in [0.3, 0.4) is 0 Å². The Balaban J connectivity index is 1.48. The Bertz CT molecular complexity index is 1080. The van der Waals surface area contributed by atoms with Crippen molar-refractivity contribution in [1.82, 2.24) is 15.3 Å². The van der Waals surface area contributed by atoms with E-state index < -0.39 is 11.8 Å². The van der Waals surface area contributed by atoms with Crippen molar-refractivity contribution >= 4 is 34.8 Å². The molecule has 1 aromatic heterocycles. The minimum atomic E-state index is -0.989. The van der Waals surface area contributed by atoms with Gasteiger partial charge in [0, 0.05) is 43.2 Å². The van der Waals surface area contributed by atoms with Crippen molar-refractivity contribution in [2.24, 2.45) is 0 Å². The number of hydrogen-bond acceptors (Lipinski definition) is 7. The lowest BCUT2D eigenvalue weighted by Crippen LogP contribution is -2.43. The largest absolute Gasteiger partial charge is 0.478 e. The van der Waals surface area contributed by atoms with Crippen LogP contribution in [0.1, 0.15) is 15.9 Å². The van der Waals surface area contributed by atoms with Crippen molar-refractivity contribution in [2.45, 2.75) is 6.92 Å². The number of benzene rings is 2. The van der Waals surface area contributed by atoms with E-state index in [1.807, 2.05) is 24.3 Å². The summed E-state index contributed by atoms with van der Waals surface area (Å²) in [5.74, 6) is -1.32. The molecule has 3 aromatic rings. The molecule has 1 aliphatic heterocycles. The zero-order chi connectivity index (χ0) is 21.8. The Labute approximate surface area is 179 Å². The Hall–Kier alpha value is -3.72. The van der Waals surface area contributed by atoms with Crippen LogP contribution in [0.2, 0.25) is 0 Å². The highest BCUT2D eigenvalue weighted by Gasteiger charge is 2.12. The van der Waals surface area contributed by atoms with Gasteiger partial charge in [-0.2, -0.15) is 4.98 Å². The number of halogens is 1. The van der Waals surface area contributed by atoms with E-state index in [1.54, 1.807) is 19.1 Å². The molecule has 160 valence electrons. The van der Waals surface area contributed by atoms with Crippen LogP contribution in [0, 0.1) is 12.7 Å². The van der Waals surface area contributed by atoms with Crippen molar-refractivity contribution < 1.29 is 14.3 Å². The van der Waals surface area contributed by atoms with E-state index in [0.29, 0.717) is 16.9 Å². The smallest absolute Gasteiger partial charge is 0.335 e. The van der Waals surface area contributed by atoms with Gasteiger partial charge in [-0.05, 0) is 55.0 Å². The summed E-state index contributed by atoms with van der Waals surface area (Å²) in [7, 11) is 0. The zero-order valence-corrected chi connectivity index (χ0v) is 17.0. The maximum absolute atomic E-state index is 14.3. The molecule has 1 saturated heterocycles. The number of aromatic nitrogens is 2. The lowest BCUT2D eigenvalue weighted by atomic mass is 10.1. The molecule has 0 saturated carbocycles. The molecule has 2 aromatic carbocycles. The van der Waals surface area contributed by atoms with Gasteiger partial charge in [0.05, 0.1) is 11.8 Å². The molecular formula is C22H23FN6O2. The van der Waals surface area contributed by atoms with Crippen LogP contribution in [0.15, 0.2) is 48.7 Å². The van der Waals surface area contributed by atoms with Crippen molar-refractivity contribution in [2.75, 3.05) is 41.7 Å². The van der Waals surface area contributed by atoms with Crippen LogP contribution >= 0.6 is 0 Å². The maximum Gasteiger partial charge on any atom is 0.335 e. The molecule has 9 heteroatoms. The number of carboxylic acids is 1. The average molecular weight is 422 g/mol. The summed E-state index contributed by atoms with van der Waals surface area (Å²) in [6.07, 6.45) is 1.09. The predicted octanol–water partition coefficient (Wildman–Crippen LogP) is 3.52. The first-order valence-electron chi connectivity index (χ1n) is 9.96. The minimum Gasteiger partial charge on any atom is -0.478 e. The lowest BCUT2D eigenvalue weighted by Gasteiger charge is -2.29. The molecule has 8 nitrogen and oxygen atoms in total. The summed E-state index contributed by atoms with van der Waals surface area (Å²) in [5, 5.41) is 18.4. The highest BCUT2D eigenvalue weighted by atomic mass is 19.1. The summed E-state index contributed by atoms with van der Waals surface area (Å²) in [6.45, 7) is 5.53. The van der Waals surface area contributed by atoms with Gasteiger partial charge in [0.2, 0.25) is 5.95 Å². The van der Waals surface area contributed by atoms with Crippen LogP contribution in [-0.2, 0) is 0 Å². The highest BCUT2D eigenvalue weighted by molar-refractivity contribution is 5.90. The van der Waals surface area contributed by atoms with Crippen LogP contribution < -0.4 is 20.9 Å². The third-order valence-electron chi connectivity index (χ3n) is 5.07. The van der Waals surface area contributed by atoms with Crippen molar-refractivity contribution in [1.29, 1.82) is 0 Å². The third-order valence-corrected chi connectivity index (χ3v) is 5.07. The van der Waals surface area contributed by atoms with E-state index in [2.05, 4.69) is 30.8 Å². The van der Waals surface area contributed by atoms with Gasteiger partial charge in [0.15, 0.2) is 11.6 Å². The van der Waals surface area contributed by atoms with Gasteiger partial charge in [0.1, 0.15) is 0 Å². The van der Waals surface area contributed by atoms with Crippen molar-refractivity contribution in [3.8, 4) is 0 Å². The second kappa shape index (κ2) is 8.97. The van der Waals surface area contributed by atoms with Gasteiger partial charge < -0.3 is 26.0 Å². The molecule has 0 radical (unpaired) electrons. The van der Waals surface area contributed by atoms with E-state index in [1.165, 1.54) is 6.07 Å². The lowest BCUT2D eigenvalue weighted by molar-refractivity contribution is 0.0696. The number of nitrogens with zero attached hydrogens (tertiary/aromatic N) is 3. The second-order valence-electron chi connectivity index (χ2n) is 7.26. The fourth-order valence-corrected chi connectivity index (χ4v) is 3.44. The van der Waals surface area contributed by atoms with Gasteiger partial charge in [-0.15, -0.1) is 0 Å². The Kier molecular flexibility index (Phi) is 5.94. The Morgan fingerprint density at radius 2 is 1.81 bits per heavy atom. The number of nitrogens with one attached hydrogen (secondary N) is 3. The Morgan fingerprint density at radius 3 is 2.48 bits per heavy atom. The van der Waals surface area contributed by atoms with Gasteiger partial charge in [-0.25, -0.2) is 14.2 Å². The SMILES string of the molecule is Cc1cc(Nc2ncc(F)c(Nc3ccc(N4CCNCC4)cc3)n2)ccc1C(=O)O. The number of aryl methyl sites for hydroxylation is 1. The molecule has 0 atom stereocenters. The van der Waals surface area contributed by atoms with Crippen LogP contribution in [-0.4, -0.2) is 47.2 Å². The molecular weight excluding hydrogens is 399 g/mol. The number of carboxylic acid groups (broad SMARTS) is 1. The fraction of sp³-hybridized carbons (Fsp3) is 0.227. The molecule has 4 rings (SSSR count). The number of piperazine rings is 1. The van der Waals surface area contributed by atoms with E-state index >= 15 is 0 Å². The summed E-state index contributed by atoms with van der Waals surface area (Å²) >= 11 is 0. The van der Waals surface area contributed by atoms with Crippen LogP contribution in [0.4, 0.5) is 33.2 Å². The summed E-state index contributed by atoms with van der Waals surface area (Å²) < 4.78 is 14.3. The fourth-order valence-electron chi connectivity index (χ4n) is 3.44. The van der Waals surface area contributed by atoms with E-state index in [4.69, 9.17) is 5.11 Å². The molecule has 0 bridgehead atoms. The van der Waals surface area contributed by atoms with Crippen molar-refractivity contribution in [3.63, 3.8) is 0 Å². The number of anilines is 5. The van der Waals surface area contributed by atoms with Crippen molar-refractivity contribution in [3.05, 3.63) is 65.6 Å². The first-order valence-corrected chi connectivity index (χ1v) is 9.96. The monoisotopic (exact) mass is 422 g/mol. The molecule has 1 aliphatic rings. The highest BCUT2D eigenvalue weighted by Crippen LogP contribution is 2.24. The van der Waals surface area contributed by atoms with Crippen LogP contribution in [0.25, 0.3) is 0 Å². The normalized spacial score (nSPS) is 13.7. The number of carbonyl (C=O) groups is 1. The summed E-state index contributed by atoms with van der Waals surface area (Å²) in [6, 6.07) is 12.6. The standard InChI is InChI=1S/C22H23FN6O2/c1-14-12-16(4-7-18(14)21(30)31)27-22-25-13-19(23)20(28-22)26-15-2-5-17(6-3-15)29-10-8-24-9-11-29/h2-7,12-13,24H,8-11H2,1H3,(H,30,31)(H2,25,26,27,28). The first-order chi connectivity index (χ1) is 15.0. The molecule has 0 aliphatic carbocycles. The second-order valence-corrected chi connectivity index (χ2v) is 7.26. The van der Waals surface area contributed by atoms with E-state index in [0.717, 1.165) is 38.1 Å². The minimum absolute atomic E-state index is 0.0475. The molecule has 1 fully saturated rings. The van der Waals surface area contributed by atoms with Gasteiger partial charge in [0.25, 0.3) is 0 Å². The predicted molar refractivity (Wildman–Crippen MR) is 118 cm³/mol. The Morgan fingerprint density at radius 1 is 1.10 bits per heavy atom. The number of rotatable bonds is 6. The van der Waals surface area contributed by atoms with Gasteiger partial charge >= 0.3 is 5.97 Å². The van der Waals surface area contributed by atoms with E-state index in [9.17, 15) is 9.18 Å². The first kappa shape index (κ1) is 20.5. The van der Waals surface area contributed by atoms with Gasteiger partial charge in [-0.3, -0.25) is 0 Å².